The summed E-state index contributed by atoms with van der Waals surface area (Å²) in [5.74, 6) is -1.30. The Hall–Kier alpha value is -2.53. The van der Waals surface area contributed by atoms with Crippen LogP contribution in [0.15, 0.2) is 29.2 Å². The predicted octanol–water partition coefficient (Wildman–Crippen LogP) is 0.586. The summed E-state index contributed by atoms with van der Waals surface area (Å²) in [5.41, 5.74) is -1.21. The van der Waals surface area contributed by atoms with E-state index in [2.05, 4.69) is 4.72 Å². The van der Waals surface area contributed by atoms with Crippen LogP contribution in [0.5, 0.6) is 0 Å². The molecule has 0 spiro atoms. The smallest absolute Gasteiger partial charge is 0.311 e. The number of nitrogens with one attached hydrogen (secondary N) is 1. The van der Waals surface area contributed by atoms with Crippen molar-refractivity contribution in [2.24, 2.45) is 5.41 Å². The molecule has 11 heteroatoms. The van der Waals surface area contributed by atoms with Gasteiger partial charge in [0.1, 0.15) is 0 Å². The van der Waals surface area contributed by atoms with E-state index in [0.717, 1.165) is 24.3 Å². The summed E-state index contributed by atoms with van der Waals surface area (Å²) in [5, 5.41) is 19.7. The standard InChI is InChI=1S/C15H19N3O7S/c1-15(14(20)21)7-9-17(10-15)13(19)6-8-16-26(24,25)12-4-2-11(3-5-12)18(22)23/h2-5,16H,6-10H2,1H3,(H,20,21). The van der Waals surface area contributed by atoms with Crippen LogP contribution in [0.25, 0.3) is 0 Å². The van der Waals surface area contributed by atoms with Crippen molar-refractivity contribution in [2.75, 3.05) is 19.6 Å². The third-order valence-corrected chi connectivity index (χ3v) is 5.81. The van der Waals surface area contributed by atoms with Crippen LogP contribution in [-0.2, 0) is 19.6 Å². The van der Waals surface area contributed by atoms with Gasteiger partial charge in [0.2, 0.25) is 15.9 Å². The third kappa shape index (κ3) is 4.35. The molecular weight excluding hydrogens is 366 g/mol. The number of aliphatic carboxylic acids is 1. The highest BCUT2D eigenvalue weighted by Crippen LogP contribution is 2.30. The van der Waals surface area contributed by atoms with E-state index in [1.807, 2.05) is 0 Å². The number of carboxylic acids is 1. The molecule has 1 atom stereocenters. The van der Waals surface area contributed by atoms with Gasteiger partial charge in [-0.1, -0.05) is 0 Å². The van der Waals surface area contributed by atoms with Gasteiger partial charge in [-0.2, -0.15) is 0 Å². The Kier molecular flexibility index (Phi) is 5.62. The monoisotopic (exact) mass is 385 g/mol. The number of benzene rings is 1. The highest BCUT2D eigenvalue weighted by Gasteiger charge is 2.41. The first kappa shape index (κ1) is 19.8. The summed E-state index contributed by atoms with van der Waals surface area (Å²) in [7, 11) is -3.90. The molecule has 10 nitrogen and oxygen atoms in total. The van der Waals surface area contributed by atoms with Crippen LogP contribution in [0.2, 0.25) is 0 Å². The van der Waals surface area contributed by atoms with Crippen molar-refractivity contribution in [3.05, 3.63) is 34.4 Å². The second-order valence-electron chi connectivity index (χ2n) is 6.33. The lowest BCUT2D eigenvalue weighted by atomic mass is 9.90. The Labute approximate surface area is 150 Å². The molecule has 1 aliphatic heterocycles. The lowest BCUT2D eigenvalue weighted by Crippen LogP contribution is -2.36. The molecule has 0 aliphatic carbocycles. The minimum absolute atomic E-state index is 0.0935. The number of sulfonamides is 1. The van der Waals surface area contributed by atoms with Gasteiger partial charge in [-0.3, -0.25) is 19.7 Å². The molecule has 1 fully saturated rings. The lowest BCUT2D eigenvalue weighted by Gasteiger charge is -2.20. The number of hydrogen-bond donors (Lipinski definition) is 2. The van der Waals surface area contributed by atoms with Crippen LogP contribution in [0.3, 0.4) is 0 Å². The number of carbonyl (C=O) groups excluding carboxylic acids is 1. The van der Waals surface area contributed by atoms with E-state index >= 15 is 0 Å². The predicted molar refractivity (Wildman–Crippen MR) is 89.8 cm³/mol. The minimum atomic E-state index is -3.90. The SMILES string of the molecule is CC1(C(=O)O)CCN(C(=O)CCNS(=O)(=O)c2ccc([N+](=O)[O-])cc2)C1. The zero-order chi connectivity index (χ0) is 19.5. The Morgan fingerprint density at radius 1 is 1.35 bits per heavy atom. The molecule has 1 aromatic carbocycles. The Morgan fingerprint density at radius 3 is 2.46 bits per heavy atom. The van der Waals surface area contributed by atoms with E-state index in [4.69, 9.17) is 5.11 Å². The van der Waals surface area contributed by atoms with Crippen molar-refractivity contribution in [1.82, 2.24) is 9.62 Å². The van der Waals surface area contributed by atoms with Crippen molar-refractivity contribution in [3.8, 4) is 0 Å². The fourth-order valence-electron chi connectivity index (χ4n) is 2.63. The van der Waals surface area contributed by atoms with Gasteiger partial charge in [0.05, 0.1) is 15.2 Å². The van der Waals surface area contributed by atoms with Crippen LogP contribution in [0.1, 0.15) is 19.8 Å². The number of carbonyl (C=O) groups is 2. The van der Waals surface area contributed by atoms with Crippen LogP contribution in [-0.4, -0.2) is 54.9 Å². The summed E-state index contributed by atoms with van der Waals surface area (Å²) in [4.78, 5) is 34.5. The number of carboxylic acid groups (broad SMARTS) is 1. The molecule has 1 aromatic rings. The normalized spacial score (nSPS) is 20.1. The number of rotatable bonds is 7. The zero-order valence-electron chi connectivity index (χ0n) is 14.0. The second-order valence-corrected chi connectivity index (χ2v) is 8.10. The zero-order valence-corrected chi connectivity index (χ0v) is 14.9. The van der Waals surface area contributed by atoms with Crippen molar-refractivity contribution < 1.29 is 28.0 Å². The van der Waals surface area contributed by atoms with E-state index in [1.54, 1.807) is 6.92 Å². The Bertz CT molecular complexity index is 822. The molecule has 1 saturated heterocycles. The number of amides is 1. The first-order chi connectivity index (χ1) is 12.0. The second kappa shape index (κ2) is 7.38. The number of nitrogens with zero attached hydrogens (tertiary/aromatic N) is 2. The lowest BCUT2D eigenvalue weighted by molar-refractivity contribution is -0.384. The van der Waals surface area contributed by atoms with E-state index < -0.39 is 26.3 Å². The largest absolute Gasteiger partial charge is 0.481 e. The maximum absolute atomic E-state index is 12.1. The summed E-state index contributed by atoms with van der Waals surface area (Å²) in [6, 6.07) is 4.38. The number of hydrogen-bond acceptors (Lipinski definition) is 6. The van der Waals surface area contributed by atoms with E-state index in [0.29, 0.717) is 13.0 Å². The van der Waals surface area contributed by atoms with Crippen molar-refractivity contribution in [2.45, 2.75) is 24.7 Å². The maximum atomic E-state index is 12.1. The number of nitro benzene ring substituents is 1. The molecule has 1 unspecified atom stereocenters. The van der Waals surface area contributed by atoms with Gasteiger partial charge < -0.3 is 10.0 Å². The molecule has 0 saturated carbocycles. The van der Waals surface area contributed by atoms with Crippen LogP contribution in [0.4, 0.5) is 5.69 Å². The fourth-order valence-corrected chi connectivity index (χ4v) is 3.66. The van der Waals surface area contributed by atoms with Gasteiger partial charge in [0.25, 0.3) is 5.69 Å². The Balaban J connectivity index is 1.89. The quantitative estimate of drug-likeness (QED) is 0.515. The summed E-state index contributed by atoms with van der Waals surface area (Å²) >= 11 is 0. The van der Waals surface area contributed by atoms with Crippen molar-refractivity contribution in [1.29, 1.82) is 0 Å². The summed E-state index contributed by atoms with van der Waals surface area (Å²) in [6.45, 7) is 1.82. The number of nitro groups is 1. The van der Waals surface area contributed by atoms with E-state index in [1.165, 1.54) is 4.90 Å². The molecular formula is C15H19N3O7S. The third-order valence-electron chi connectivity index (χ3n) is 4.33. The van der Waals surface area contributed by atoms with Crippen LogP contribution >= 0.6 is 0 Å². The molecule has 1 aliphatic rings. The van der Waals surface area contributed by atoms with Gasteiger partial charge in [0, 0.05) is 38.2 Å². The van der Waals surface area contributed by atoms with Gasteiger partial charge >= 0.3 is 5.97 Å². The summed E-state index contributed by atoms with van der Waals surface area (Å²) in [6.07, 6.45) is 0.241. The van der Waals surface area contributed by atoms with Gasteiger partial charge in [-0.15, -0.1) is 0 Å². The molecule has 0 radical (unpaired) electrons. The molecule has 2 rings (SSSR count). The average Bonchev–Trinajstić information content (AvgIpc) is 2.98. The van der Waals surface area contributed by atoms with Crippen LogP contribution in [0, 0.1) is 15.5 Å². The first-order valence-corrected chi connectivity index (χ1v) is 9.29. The number of likely N-dealkylation sites (tertiary alicyclic amines) is 1. The van der Waals surface area contributed by atoms with Crippen molar-refractivity contribution >= 4 is 27.6 Å². The molecule has 1 amide bonds. The molecule has 2 N–H and O–H groups in total. The van der Waals surface area contributed by atoms with E-state index in [-0.39, 0.29) is 36.0 Å². The maximum Gasteiger partial charge on any atom is 0.311 e. The molecule has 0 aromatic heterocycles. The molecule has 1 heterocycles. The Morgan fingerprint density at radius 2 is 1.96 bits per heavy atom. The van der Waals surface area contributed by atoms with Gasteiger partial charge in [0.15, 0.2) is 0 Å². The average molecular weight is 385 g/mol. The highest BCUT2D eigenvalue weighted by atomic mass is 32.2. The molecule has 142 valence electrons. The topological polar surface area (TPSA) is 147 Å². The van der Waals surface area contributed by atoms with Crippen molar-refractivity contribution in [3.63, 3.8) is 0 Å². The summed E-state index contributed by atoms with van der Waals surface area (Å²) < 4.78 is 26.5. The van der Waals surface area contributed by atoms with Crippen LogP contribution < -0.4 is 4.72 Å². The molecule has 26 heavy (non-hydrogen) atoms. The van der Waals surface area contributed by atoms with E-state index in [9.17, 15) is 28.1 Å². The first-order valence-electron chi connectivity index (χ1n) is 7.80. The fraction of sp³-hybridized carbons (Fsp3) is 0.467. The highest BCUT2D eigenvalue weighted by molar-refractivity contribution is 7.89. The minimum Gasteiger partial charge on any atom is -0.481 e. The molecule has 0 bridgehead atoms. The van der Waals surface area contributed by atoms with Gasteiger partial charge in [-0.25, -0.2) is 13.1 Å². The number of non-ortho nitro benzene ring substituents is 1. The van der Waals surface area contributed by atoms with Gasteiger partial charge in [-0.05, 0) is 25.5 Å².